The van der Waals surface area contributed by atoms with Gasteiger partial charge in [0.25, 0.3) is 0 Å². The molecule has 1 saturated heterocycles. The van der Waals surface area contributed by atoms with Crippen LogP contribution in [0.5, 0.6) is 0 Å². The van der Waals surface area contributed by atoms with Crippen LogP contribution in [0.2, 0.25) is 0 Å². The van der Waals surface area contributed by atoms with Crippen molar-refractivity contribution in [1.29, 1.82) is 0 Å². The molecule has 4 nitrogen and oxygen atoms in total. The molecule has 1 aliphatic heterocycles. The van der Waals surface area contributed by atoms with E-state index >= 15 is 0 Å². The van der Waals surface area contributed by atoms with Crippen LogP contribution in [0.3, 0.4) is 0 Å². The molecule has 1 unspecified atom stereocenters. The number of nitrogens with zero attached hydrogens (tertiary/aromatic N) is 1. The molecule has 2 amide bonds. The number of rotatable bonds is 6. The summed E-state index contributed by atoms with van der Waals surface area (Å²) in [6, 6.07) is 10.7. The molecule has 0 bridgehead atoms. The monoisotopic (exact) mass is 332 g/mol. The van der Waals surface area contributed by atoms with Crippen LogP contribution in [0, 0.1) is 5.41 Å². The van der Waals surface area contributed by atoms with Gasteiger partial charge in [0.1, 0.15) is 0 Å². The maximum Gasteiger partial charge on any atom is 0.317 e. The summed E-state index contributed by atoms with van der Waals surface area (Å²) in [6.07, 6.45) is 5.07. The van der Waals surface area contributed by atoms with Gasteiger partial charge < -0.3 is 15.3 Å². The van der Waals surface area contributed by atoms with Crippen molar-refractivity contribution in [3.8, 4) is 0 Å². The van der Waals surface area contributed by atoms with Gasteiger partial charge in [-0.15, -0.1) is 0 Å². The molecule has 0 aromatic heterocycles. The Morgan fingerprint density at radius 3 is 2.71 bits per heavy atom. The van der Waals surface area contributed by atoms with E-state index in [0.29, 0.717) is 12.5 Å². The second-order valence-electron chi connectivity index (χ2n) is 7.68. The topological polar surface area (TPSA) is 52.6 Å². The predicted octanol–water partition coefficient (Wildman–Crippen LogP) is 3.76. The minimum atomic E-state index is -0.0593. The molecule has 1 aliphatic rings. The number of carbonyl (C=O) groups excluding carboxylic acids is 1. The maximum absolute atomic E-state index is 12.4. The first-order chi connectivity index (χ1) is 11.5. The molecule has 1 aromatic carbocycles. The van der Waals surface area contributed by atoms with Crippen LogP contribution in [-0.2, 0) is 0 Å². The molecule has 1 fully saturated rings. The van der Waals surface area contributed by atoms with E-state index in [1.54, 1.807) is 0 Å². The fraction of sp³-hybridized carbons (Fsp3) is 0.650. The van der Waals surface area contributed by atoms with E-state index in [0.717, 1.165) is 45.2 Å². The Morgan fingerprint density at radius 2 is 2.00 bits per heavy atom. The standard InChI is InChI=1S/C20H32N2O2/c1-20(2,16-23)12-7-13-21-19(24)22-14-6-10-18(11-15-22)17-8-4-3-5-9-17/h3-5,8-9,18,23H,6-7,10-16H2,1-2H3,(H,21,24). The van der Waals surface area contributed by atoms with Crippen molar-refractivity contribution in [1.82, 2.24) is 10.2 Å². The van der Waals surface area contributed by atoms with Crippen LogP contribution >= 0.6 is 0 Å². The van der Waals surface area contributed by atoms with E-state index in [9.17, 15) is 9.90 Å². The lowest BCUT2D eigenvalue weighted by Gasteiger charge is -2.23. The third-order valence-electron chi connectivity index (χ3n) is 5.02. The highest BCUT2D eigenvalue weighted by Gasteiger charge is 2.21. The van der Waals surface area contributed by atoms with Gasteiger partial charge in [-0.2, -0.15) is 0 Å². The summed E-state index contributed by atoms with van der Waals surface area (Å²) in [4.78, 5) is 14.3. The molecule has 134 valence electrons. The van der Waals surface area contributed by atoms with E-state index in [4.69, 9.17) is 0 Å². The predicted molar refractivity (Wildman–Crippen MR) is 98.1 cm³/mol. The van der Waals surface area contributed by atoms with Gasteiger partial charge in [-0.1, -0.05) is 44.2 Å². The summed E-state index contributed by atoms with van der Waals surface area (Å²) in [6.45, 7) is 6.64. The molecule has 1 heterocycles. The van der Waals surface area contributed by atoms with Crippen molar-refractivity contribution in [2.75, 3.05) is 26.2 Å². The first-order valence-corrected chi connectivity index (χ1v) is 9.20. The third kappa shape index (κ3) is 5.82. The van der Waals surface area contributed by atoms with Crippen LogP contribution in [-0.4, -0.2) is 42.3 Å². The van der Waals surface area contributed by atoms with Gasteiger partial charge >= 0.3 is 6.03 Å². The number of nitrogens with one attached hydrogen (secondary N) is 1. The van der Waals surface area contributed by atoms with Crippen molar-refractivity contribution < 1.29 is 9.90 Å². The Kier molecular flexibility index (Phi) is 7.10. The number of aliphatic hydroxyl groups is 1. The molecule has 0 aliphatic carbocycles. The second kappa shape index (κ2) is 9.07. The van der Waals surface area contributed by atoms with Gasteiger partial charge in [0, 0.05) is 26.2 Å². The fourth-order valence-corrected chi connectivity index (χ4v) is 3.31. The lowest BCUT2D eigenvalue weighted by Crippen LogP contribution is -2.41. The molecule has 2 N–H and O–H groups in total. The summed E-state index contributed by atoms with van der Waals surface area (Å²) in [5.74, 6) is 0.564. The average molecular weight is 332 g/mol. The Bertz CT molecular complexity index is 502. The third-order valence-corrected chi connectivity index (χ3v) is 5.02. The number of hydrogen-bond acceptors (Lipinski definition) is 2. The quantitative estimate of drug-likeness (QED) is 0.779. The summed E-state index contributed by atoms with van der Waals surface area (Å²) >= 11 is 0. The van der Waals surface area contributed by atoms with Crippen LogP contribution in [0.25, 0.3) is 0 Å². The highest BCUT2D eigenvalue weighted by Crippen LogP contribution is 2.27. The first-order valence-electron chi connectivity index (χ1n) is 9.20. The highest BCUT2D eigenvalue weighted by molar-refractivity contribution is 5.74. The SMILES string of the molecule is CC(C)(CO)CCCNC(=O)N1CCCC(c2ccccc2)CC1. The van der Waals surface area contributed by atoms with Crippen LogP contribution < -0.4 is 5.32 Å². The molecule has 2 rings (SSSR count). The van der Waals surface area contributed by atoms with Gasteiger partial charge in [-0.25, -0.2) is 4.79 Å². The largest absolute Gasteiger partial charge is 0.396 e. The van der Waals surface area contributed by atoms with Crippen molar-refractivity contribution in [2.24, 2.45) is 5.41 Å². The number of amides is 2. The van der Waals surface area contributed by atoms with Crippen molar-refractivity contribution >= 4 is 6.03 Å². The number of hydrogen-bond donors (Lipinski definition) is 2. The lowest BCUT2D eigenvalue weighted by molar-refractivity contribution is 0.147. The molecule has 1 atom stereocenters. The van der Waals surface area contributed by atoms with Gasteiger partial charge in [-0.3, -0.25) is 0 Å². The van der Waals surface area contributed by atoms with Crippen LogP contribution in [0.4, 0.5) is 4.79 Å². The normalized spacial score (nSPS) is 19.0. The molecule has 0 radical (unpaired) electrons. The molecule has 4 heteroatoms. The number of urea groups is 1. The summed E-state index contributed by atoms with van der Waals surface area (Å²) in [5, 5.41) is 12.3. The summed E-state index contributed by atoms with van der Waals surface area (Å²) in [7, 11) is 0. The van der Waals surface area contributed by atoms with Gasteiger partial charge in [0.05, 0.1) is 0 Å². The maximum atomic E-state index is 12.4. The molecular formula is C20H32N2O2. The van der Waals surface area contributed by atoms with Gasteiger partial charge in [-0.05, 0) is 49.0 Å². The minimum absolute atomic E-state index is 0.0593. The number of carbonyl (C=O) groups is 1. The van der Waals surface area contributed by atoms with E-state index in [1.165, 1.54) is 5.56 Å². The van der Waals surface area contributed by atoms with Gasteiger partial charge in [0.2, 0.25) is 0 Å². The van der Waals surface area contributed by atoms with Gasteiger partial charge in [0.15, 0.2) is 0 Å². The average Bonchev–Trinajstić information content (AvgIpc) is 2.85. The fourth-order valence-electron chi connectivity index (χ4n) is 3.31. The molecule has 0 saturated carbocycles. The first kappa shape index (κ1) is 18.8. The van der Waals surface area contributed by atoms with Crippen LogP contribution in [0.15, 0.2) is 30.3 Å². The zero-order valence-electron chi connectivity index (χ0n) is 15.1. The molecule has 1 aromatic rings. The molecular weight excluding hydrogens is 300 g/mol. The molecule has 24 heavy (non-hydrogen) atoms. The zero-order chi connectivity index (χ0) is 17.4. The smallest absolute Gasteiger partial charge is 0.317 e. The number of aliphatic hydroxyl groups excluding tert-OH is 1. The van der Waals surface area contributed by atoms with Crippen molar-refractivity contribution in [3.05, 3.63) is 35.9 Å². The van der Waals surface area contributed by atoms with Crippen molar-refractivity contribution in [3.63, 3.8) is 0 Å². The summed E-state index contributed by atoms with van der Waals surface area (Å²) < 4.78 is 0. The Balaban J connectivity index is 1.74. The second-order valence-corrected chi connectivity index (χ2v) is 7.68. The summed E-state index contributed by atoms with van der Waals surface area (Å²) in [5.41, 5.74) is 1.34. The Labute approximate surface area is 146 Å². The van der Waals surface area contributed by atoms with E-state index in [1.807, 2.05) is 18.7 Å². The number of benzene rings is 1. The van der Waals surface area contributed by atoms with E-state index in [2.05, 4.69) is 35.6 Å². The Morgan fingerprint density at radius 1 is 1.25 bits per heavy atom. The van der Waals surface area contributed by atoms with Crippen molar-refractivity contribution in [2.45, 2.75) is 51.9 Å². The van der Waals surface area contributed by atoms with Crippen LogP contribution in [0.1, 0.15) is 57.4 Å². The highest BCUT2D eigenvalue weighted by atomic mass is 16.3. The zero-order valence-corrected chi connectivity index (χ0v) is 15.1. The Hall–Kier alpha value is -1.55. The minimum Gasteiger partial charge on any atom is -0.396 e. The number of likely N-dealkylation sites (tertiary alicyclic amines) is 1. The van der Waals surface area contributed by atoms with E-state index < -0.39 is 0 Å². The lowest BCUT2D eigenvalue weighted by atomic mass is 9.89. The molecule has 0 spiro atoms. The van der Waals surface area contributed by atoms with E-state index in [-0.39, 0.29) is 18.1 Å².